The van der Waals surface area contributed by atoms with E-state index in [2.05, 4.69) is 17.0 Å². The summed E-state index contributed by atoms with van der Waals surface area (Å²) in [7, 11) is 1.79. The van der Waals surface area contributed by atoms with E-state index in [1.165, 1.54) is 19.3 Å². The standard InChI is InChI=1S/C22H31N3O2/c1-4-6-7-8-9-10-14-27-20-13-11-12-18(15-20)17-23-22(26)21-16-19(5-2)24-25(21)3/h4,11-13,15-16H,1,5-10,14,17H2,2-3H3,(H,23,26). The van der Waals surface area contributed by atoms with Crippen LogP contribution in [0.3, 0.4) is 0 Å². The van der Waals surface area contributed by atoms with Gasteiger partial charge in [0, 0.05) is 13.6 Å². The Morgan fingerprint density at radius 3 is 2.81 bits per heavy atom. The van der Waals surface area contributed by atoms with Gasteiger partial charge in [-0.2, -0.15) is 5.10 Å². The molecule has 0 saturated heterocycles. The van der Waals surface area contributed by atoms with Crippen LogP contribution in [0.5, 0.6) is 5.75 Å². The number of allylic oxidation sites excluding steroid dienone is 1. The lowest BCUT2D eigenvalue weighted by Crippen LogP contribution is -2.25. The molecule has 0 unspecified atom stereocenters. The molecule has 146 valence electrons. The summed E-state index contributed by atoms with van der Waals surface area (Å²) in [6.07, 6.45) is 8.52. The van der Waals surface area contributed by atoms with Crippen molar-refractivity contribution in [2.75, 3.05) is 6.61 Å². The van der Waals surface area contributed by atoms with Gasteiger partial charge in [-0.1, -0.05) is 38.0 Å². The van der Waals surface area contributed by atoms with Crippen molar-refractivity contribution in [2.24, 2.45) is 7.05 Å². The Morgan fingerprint density at radius 2 is 2.07 bits per heavy atom. The fourth-order valence-electron chi connectivity index (χ4n) is 2.86. The van der Waals surface area contributed by atoms with E-state index in [4.69, 9.17) is 4.74 Å². The van der Waals surface area contributed by atoms with Gasteiger partial charge in [-0.15, -0.1) is 6.58 Å². The van der Waals surface area contributed by atoms with Crippen molar-refractivity contribution in [3.63, 3.8) is 0 Å². The molecule has 2 aromatic rings. The number of aromatic nitrogens is 2. The average molecular weight is 370 g/mol. The minimum atomic E-state index is -0.115. The number of carbonyl (C=O) groups excluding carboxylic acids is 1. The summed E-state index contributed by atoms with van der Waals surface area (Å²) >= 11 is 0. The monoisotopic (exact) mass is 369 g/mol. The summed E-state index contributed by atoms with van der Waals surface area (Å²) < 4.78 is 7.46. The quantitative estimate of drug-likeness (QED) is 0.445. The molecule has 27 heavy (non-hydrogen) atoms. The zero-order chi connectivity index (χ0) is 19.5. The normalized spacial score (nSPS) is 10.6. The van der Waals surface area contributed by atoms with E-state index < -0.39 is 0 Å². The molecule has 0 saturated carbocycles. The third-order valence-corrected chi connectivity index (χ3v) is 4.45. The average Bonchev–Trinajstić information content (AvgIpc) is 3.07. The van der Waals surface area contributed by atoms with Crippen LogP contribution in [0.4, 0.5) is 0 Å². The molecule has 1 aromatic carbocycles. The SMILES string of the molecule is C=CCCCCCCOc1cccc(CNC(=O)c2cc(CC)nn2C)c1. The van der Waals surface area contributed by atoms with Crippen molar-refractivity contribution in [3.05, 3.63) is 59.9 Å². The minimum absolute atomic E-state index is 0.115. The zero-order valence-electron chi connectivity index (χ0n) is 16.5. The molecule has 1 aromatic heterocycles. The molecule has 0 aliphatic heterocycles. The zero-order valence-corrected chi connectivity index (χ0v) is 16.5. The molecule has 0 radical (unpaired) electrons. The molecular formula is C22H31N3O2. The number of hydrogen-bond acceptors (Lipinski definition) is 3. The fraction of sp³-hybridized carbons (Fsp3) is 0.455. The number of carbonyl (C=O) groups is 1. The van der Waals surface area contributed by atoms with E-state index in [1.54, 1.807) is 11.7 Å². The van der Waals surface area contributed by atoms with E-state index in [0.29, 0.717) is 12.2 Å². The largest absolute Gasteiger partial charge is 0.494 e. The van der Waals surface area contributed by atoms with Crippen LogP contribution in [0, 0.1) is 0 Å². The van der Waals surface area contributed by atoms with Gasteiger partial charge in [-0.25, -0.2) is 0 Å². The molecule has 0 aliphatic rings. The first-order chi connectivity index (χ1) is 13.1. The Kier molecular flexibility index (Phi) is 8.62. The molecule has 1 amide bonds. The fourth-order valence-corrected chi connectivity index (χ4v) is 2.86. The summed E-state index contributed by atoms with van der Waals surface area (Å²) in [6.45, 7) is 6.95. The molecule has 0 fully saturated rings. The number of ether oxygens (including phenoxy) is 1. The molecule has 1 N–H and O–H groups in total. The lowest BCUT2D eigenvalue weighted by Gasteiger charge is -2.09. The maximum atomic E-state index is 12.4. The first kappa shape index (κ1) is 20.7. The lowest BCUT2D eigenvalue weighted by molar-refractivity contribution is 0.0941. The highest BCUT2D eigenvalue weighted by molar-refractivity contribution is 5.92. The number of nitrogens with one attached hydrogen (secondary N) is 1. The topological polar surface area (TPSA) is 56.1 Å². The number of unbranched alkanes of at least 4 members (excludes halogenated alkanes) is 4. The smallest absolute Gasteiger partial charge is 0.269 e. The second-order valence-electron chi connectivity index (χ2n) is 6.67. The number of benzene rings is 1. The third-order valence-electron chi connectivity index (χ3n) is 4.45. The Balaban J connectivity index is 1.77. The Labute approximate surface area is 162 Å². The van der Waals surface area contributed by atoms with Crippen LogP contribution < -0.4 is 10.1 Å². The molecule has 5 heteroatoms. The molecule has 0 bridgehead atoms. The summed E-state index contributed by atoms with van der Waals surface area (Å²) in [4.78, 5) is 12.4. The lowest BCUT2D eigenvalue weighted by atomic mass is 10.1. The number of nitrogens with zero attached hydrogens (tertiary/aromatic N) is 2. The first-order valence-electron chi connectivity index (χ1n) is 9.77. The van der Waals surface area contributed by atoms with Crippen LogP contribution in [0.25, 0.3) is 0 Å². The van der Waals surface area contributed by atoms with E-state index >= 15 is 0 Å². The van der Waals surface area contributed by atoms with Gasteiger partial charge >= 0.3 is 0 Å². The number of rotatable bonds is 12. The van der Waals surface area contributed by atoms with Crippen LogP contribution in [0.2, 0.25) is 0 Å². The van der Waals surface area contributed by atoms with Crippen molar-refractivity contribution in [3.8, 4) is 5.75 Å². The second-order valence-corrected chi connectivity index (χ2v) is 6.67. The van der Waals surface area contributed by atoms with Gasteiger partial charge in [0.25, 0.3) is 5.91 Å². The predicted octanol–water partition coefficient (Wildman–Crippen LogP) is 4.43. The molecular weight excluding hydrogens is 338 g/mol. The van der Waals surface area contributed by atoms with Crippen molar-refractivity contribution < 1.29 is 9.53 Å². The van der Waals surface area contributed by atoms with Gasteiger partial charge in [0.2, 0.25) is 0 Å². The Bertz CT molecular complexity index is 737. The summed E-state index contributed by atoms with van der Waals surface area (Å²) in [5.74, 6) is 0.734. The highest BCUT2D eigenvalue weighted by Crippen LogP contribution is 2.14. The number of hydrogen-bond donors (Lipinski definition) is 1. The van der Waals surface area contributed by atoms with Crippen LogP contribution in [-0.4, -0.2) is 22.3 Å². The highest BCUT2D eigenvalue weighted by Gasteiger charge is 2.12. The van der Waals surface area contributed by atoms with Gasteiger partial charge < -0.3 is 10.1 Å². The van der Waals surface area contributed by atoms with E-state index in [0.717, 1.165) is 42.9 Å². The maximum Gasteiger partial charge on any atom is 0.269 e. The van der Waals surface area contributed by atoms with Crippen molar-refractivity contribution in [1.29, 1.82) is 0 Å². The predicted molar refractivity (Wildman–Crippen MR) is 109 cm³/mol. The van der Waals surface area contributed by atoms with Gasteiger partial charge in [0.15, 0.2) is 0 Å². The van der Waals surface area contributed by atoms with E-state index in [-0.39, 0.29) is 5.91 Å². The van der Waals surface area contributed by atoms with E-state index in [9.17, 15) is 4.79 Å². The van der Waals surface area contributed by atoms with Gasteiger partial charge in [0.05, 0.1) is 12.3 Å². The molecule has 2 rings (SSSR count). The summed E-state index contributed by atoms with van der Waals surface area (Å²) in [5, 5.41) is 7.27. The van der Waals surface area contributed by atoms with Gasteiger partial charge in [-0.05, 0) is 49.4 Å². The Hall–Kier alpha value is -2.56. The van der Waals surface area contributed by atoms with E-state index in [1.807, 2.05) is 43.3 Å². The minimum Gasteiger partial charge on any atom is -0.494 e. The van der Waals surface area contributed by atoms with Crippen molar-refractivity contribution >= 4 is 5.91 Å². The second kappa shape index (κ2) is 11.2. The molecule has 1 heterocycles. The number of aryl methyl sites for hydroxylation is 2. The molecule has 0 spiro atoms. The highest BCUT2D eigenvalue weighted by atomic mass is 16.5. The van der Waals surface area contributed by atoms with Crippen LogP contribution in [0.1, 0.15) is 60.8 Å². The van der Waals surface area contributed by atoms with Crippen LogP contribution >= 0.6 is 0 Å². The molecule has 0 aliphatic carbocycles. The first-order valence-corrected chi connectivity index (χ1v) is 9.77. The third kappa shape index (κ3) is 6.93. The number of amides is 1. The van der Waals surface area contributed by atoms with Crippen molar-refractivity contribution in [1.82, 2.24) is 15.1 Å². The molecule has 0 atom stereocenters. The summed E-state index contributed by atoms with van der Waals surface area (Å²) in [5.41, 5.74) is 2.52. The summed E-state index contributed by atoms with van der Waals surface area (Å²) in [6, 6.07) is 9.73. The van der Waals surface area contributed by atoms with Gasteiger partial charge in [0.1, 0.15) is 11.4 Å². The van der Waals surface area contributed by atoms with Crippen molar-refractivity contribution in [2.45, 2.75) is 52.0 Å². The van der Waals surface area contributed by atoms with Gasteiger partial charge in [-0.3, -0.25) is 9.48 Å². The van der Waals surface area contributed by atoms with Crippen LogP contribution in [0.15, 0.2) is 43.0 Å². The Morgan fingerprint density at radius 1 is 1.26 bits per heavy atom. The maximum absolute atomic E-state index is 12.4. The molecule has 5 nitrogen and oxygen atoms in total. The van der Waals surface area contributed by atoms with Crippen LogP contribution in [-0.2, 0) is 20.0 Å².